The second kappa shape index (κ2) is 6.22. The smallest absolute Gasteiger partial charge is 0.169 e. The molecule has 0 bridgehead atoms. The molecule has 5 nitrogen and oxygen atoms in total. The zero-order valence-electron chi connectivity index (χ0n) is 13.0. The van der Waals surface area contributed by atoms with E-state index < -0.39 is 0 Å². The molecule has 0 radical (unpaired) electrons. The topological polar surface area (TPSA) is 69.5 Å². The molecule has 0 spiro atoms. The number of nitrogens with zero attached hydrogens (tertiary/aromatic N) is 3. The second-order valence-corrected chi connectivity index (χ2v) is 6.86. The van der Waals surface area contributed by atoms with Crippen LogP contribution in [0.1, 0.15) is 16.8 Å². The highest BCUT2D eigenvalue weighted by atomic mass is 32.1. The van der Waals surface area contributed by atoms with E-state index in [2.05, 4.69) is 9.88 Å². The van der Waals surface area contributed by atoms with Crippen LogP contribution in [0.4, 0.5) is 0 Å². The van der Waals surface area contributed by atoms with Crippen LogP contribution in [-0.2, 0) is 19.5 Å². The van der Waals surface area contributed by atoms with Crippen molar-refractivity contribution < 1.29 is 10.2 Å². The van der Waals surface area contributed by atoms with E-state index in [1.165, 1.54) is 6.07 Å². The minimum Gasteiger partial charge on any atom is -0.508 e. The molecule has 0 aliphatic carbocycles. The number of hydrogen-bond acceptors (Lipinski definition) is 6. The Bertz CT molecular complexity index is 865. The molecule has 3 heterocycles. The van der Waals surface area contributed by atoms with Crippen molar-refractivity contribution in [3.63, 3.8) is 0 Å². The van der Waals surface area contributed by atoms with Crippen molar-refractivity contribution in [2.75, 3.05) is 6.54 Å². The number of rotatable bonds is 3. The van der Waals surface area contributed by atoms with Gasteiger partial charge < -0.3 is 10.2 Å². The molecule has 4 rings (SSSR count). The molecule has 122 valence electrons. The molecular formula is C18H17N3O2S. The van der Waals surface area contributed by atoms with Gasteiger partial charge in [0.1, 0.15) is 11.5 Å². The minimum absolute atomic E-state index is 0.0785. The van der Waals surface area contributed by atoms with Crippen molar-refractivity contribution in [2.45, 2.75) is 19.5 Å². The van der Waals surface area contributed by atoms with Gasteiger partial charge in [-0.15, -0.1) is 11.3 Å². The summed E-state index contributed by atoms with van der Waals surface area (Å²) in [6.07, 6.45) is 2.79. The van der Waals surface area contributed by atoms with E-state index in [4.69, 9.17) is 4.98 Å². The molecule has 0 amide bonds. The summed E-state index contributed by atoms with van der Waals surface area (Å²) >= 11 is 1.65. The molecule has 0 unspecified atom stereocenters. The van der Waals surface area contributed by atoms with Gasteiger partial charge in [0, 0.05) is 49.4 Å². The molecule has 0 saturated carbocycles. The first kappa shape index (κ1) is 15.1. The molecule has 0 saturated heterocycles. The first-order valence-corrected chi connectivity index (χ1v) is 8.69. The standard InChI is InChI=1S/C18H17N3O2S/c22-14-4-3-12(16(23)8-14)10-21-6-5-15-13(11-21)9-19-18(20-15)17-2-1-7-24-17/h1-4,7-9,22-23H,5-6,10-11H2. The molecule has 1 aliphatic heterocycles. The highest BCUT2D eigenvalue weighted by Gasteiger charge is 2.20. The predicted molar refractivity (Wildman–Crippen MR) is 92.9 cm³/mol. The Hall–Kier alpha value is -2.44. The Labute approximate surface area is 143 Å². The number of phenolic OH excluding ortho intramolecular Hbond substituents is 2. The molecule has 2 N–H and O–H groups in total. The number of aromatic nitrogens is 2. The Morgan fingerprint density at radius 3 is 2.92 bits per heavy atom. The maximum Gasteiger partial charge on any atom is 0.169 e. The van der Waals surface area contributed by atoms with Gasteiger partial charge >= 0.3 is 0 Å². The molecular weight excluding hydrogens is 322 g/mol. The molecule has 24 heavy (non-hydrogen) atoms. The number of fused-ring (bicyclic) bond motifs is 1. The van der Waals surface area contributed by atoms with Crippen LogP contribution in [0.25, 0.3) is 10.7 Å². The molecule has 1 aliphatic rings. The number of thiophene rings is 1. The minimum atomic E-state index is 0.0785. The Balaban J connectivity index is 1.52. The maximum absolute atomic E-state index is 9.95. The summed E-state index contributed by atoms with van der Waals surface area (Å²) < 4.78 is 0. The van der Waals surface area contributed by atoms with Crippen LogP contribution in [0, 0.1) is 0 Å². The SMILES string of the molecule is Oc1ccc(CN2CCc3nc(-c4cccs4)ncc3C2)c(O)c1. The zero-order chi connectivity index (χ0) is 16.5. The molecule has 1 aromatic carbocycles. The van der Waals surface area contributed by atoms with Gasteiger partial charge in [0.05, 0.1) is 10.6 Å². The van der Waals surface area contributed by atoms with Crippen LogP contribution in [-0.4, -0.2) is 31.6 Å². The van der Waals surface area contributed by atoms with Gasteiger partial charge in [-0.25, -0.2) is 9.97 Å². The third-order valence-electron chi connectivity index (χ3n) is 4.22. The van der Waals surface area contributed by atoms with E-state index in [1.807, 2.05) is 23.7 Å². The number of hydrogen-bond donors (Lipinski definition) is 2. The van der Waals surface area contributed by atoms with E-state index in [9.17, 15) is 10.2 Å². The van der Waals surface area contributed by atoms with Crippen molar-refractivity contribution in [3.8, 4) is 22.2 Å². The van der Waals surface area contributed by atoms with Gasteiger partial charge in [-0.1, -0.05) is 12.1 Å². The summed E-state index contributed by atoms with van der Waals surface area (Å²) in [4.78, 5) is 12.6. The molecule has 0 fully saturated rings. The third-order valence-corrected chi connectivity index (χ3v) is 5.08. The van der Waals surface area contributed by atoms with Crippen LogP contribution >= 0.6 is 11.3 Å². The Kier molecular flexibility index (Phi) is 3.92. The number of aromatic hydroxyl groups is 2. The van der Waals surface area contributed by atoms with Crippen LogP contribution in [0.3, 0.4) is 0 Å². The zero-order valence-corrected chi connectivity index (χ0v) is 13.8. The largest absolute Gasteiger partial charge is 0.508 e. The normalized spacial score (nSPS) is 14.5. The van der Waals surface area contributed by atoms with Crippen molar-refractivity contribution in [2.24, 2.45) is 0 Å². The van der Waals surface area contributed by atoms with Crippen molar-refractivity contribution in [1.82, 2.24) is 14.9 Å². The van der Waals surface area contributed by atoms with E-state index in [0.717, 1.165) is 47.0 Å². The summed E-state index contributed by atoms with van der Waals surface area (Å²) in [5.74, 6) is 1.01. The van der Waals surface area contributed by atoms with Crippen molar-refractivity contribution in [1.29, 1.82) is 0 Å². The van der Waals surface area contributed by atoms with E-state index >= 15 is 0 Å². The van der Waals surface area contributed by atoms with Gasteiger partial charge in [0.25, 0.3) is 0 Å². The van der Waals surface area contributed by atoms with Crippen molar-refractivity contribution >= 4 is 11.3 Å². The highest BCUT2D eigenvalue weighted by molar-refractivity contribution is 7.13. The van der Waals surface area contributed by atoms with Gasteiger partial charge in [-0.2, -0.15) is 0 Å². The summed E-state index contributed by atoms with van der Waals surface area (Å²) in [5, 5.41) is 21.4. The number of benzene rings is 1. The van der Waals surface area contributed by atoms with Crippen LogP contribution in [0.5, 0.6) is 11.5 Å². The summed E-state index contributed by atoms with van der Waals surface area (Å²) in [5.41, 5.74) is 3.06. The van der Waals surface area contributed by atoms with Crippen LogP contribution in [0.15, 0.2) is 41.9 Å². The lowest BCUT2D eigenvalue weighted by Crippen LogP contribution is -2.31. The van der Waals surface area contributed by atoms with Gasteiger partial charge in [-0.05, 0) is 17.5 Å². The highest BCUT2D eigenvalue weighted by Crippen LogP contribution is 2.27. The lowest BCUT2D eigenvalue weighted by molar-refractivity contribution is 0.239. The second-order valence-electron chi connectivity index (χ2n) is 5.92. The van der Waals surface area contributed by atoms with E-state index in [-0.39, 0.29) is 11.5 Å². The molecule has 2 aromatic heterocycles. The quantitative estimate of drug-likeness (QED) is 0.767. The maximum atomic E-state index is 9.95. The Morgan fingerprint density at radius 2 is 2.12 bits per heavy atom. The molecule has 6 heteroatoms. The van der Waals surface area contributed by atoms with Crippen LogP contribution in [0.2, 0.25) is 0 Å². The average Bonchev–Trinajstić information content (AvgIpc) is 3.11. The fourth-order valence-electron chi connectivity index (χ4n) is 2.96. The summed E-state index contributed by atoms with van der Waals surface area (Å²) in [7, 11) is 0. The van der Waals surface area contributed by atoms with Crippen LogP contribution < -0.4 is 0 Å². The predicted octanol–water partition coefficient (Wildman–Crippen LogP) is 3.17. The lowest BCUT2D eigenvalue weighted by Gasteiger charge is -2.28. The molecule has 0 atom stereocenters. The van der Waals surface area contributed by atoms with E-state index in [0.29, 0.717) is 6.54 Å². The fraction of sp³-hybridized carbons (Fsp3) is 0.222. The summed E-state index contributed by atoms with van der Waals surface area (Å²) in [6.45, 7) is 2.28. The lowest BCUT2D eigenvalue weighted by atomic mass is 10.1. The first-order chi connectivity index (χ1) is 11.7. The van der Waals surface area contributed by atoms with Crippen molar-refractivity contribution in [3.05, 3.63) is 58.7 Å². The fourth-order valence-corrected chi connectivity index (χ4v) is 3.63. The first-order valence-electron chi connectivity index (χ1n) is 7.81. The van der Waals surface area contributed by atoms with Gasteiger partial charge in [0.2, 0.25) is 0 Å². The summed E-state index contributed by atoms with van der Waals surface area (Å²) in [6, 6.07) is 8.79. The van der Waals surface area contributed by atoms with Gasteiger partial charge in [-0.3, -0.25) is 4.90 Å². The number of phenols is 2. The van der Waals surface area contributed by atoms with E-state index in [1.54, 1.807) is 23.5 Å². The monoisotopic (exact) mass is 339 g/mol. The third kappa shape index (κ3) is 2.98. The molecule has 3 aromatic rings. The van der Waals surface area contributed by atoms with Gasteiger partial charge in [0.15, 0.2) is 5.82 Å². The Morgan fingerprint density at radius 1 is 1.21 bits per heavy atom. The average molecular weight is 339 g/mol.